The van der Waals surface area contributed by atoms with Gasteiger partial charge in [-0.05, 0) is 18.9 Å². The van der Waals surface area contributed by atoms with Crippen LogP contribution in [-0.2, 0) is 6.54 Å². The lowest BCUT2D eigenvalue weighted by Crippen LogP contribution is -2.19. The molecule has 1 aliphatic carbocycles. The molecule has 0 N–H and O–H groups in total. The van der Waals surface area contributed by atoms with E-state index in [2.05, 4.69) is 10.1 Å². The molecule has 0 unspecified atom stereocenters. The number of ether oxygens (including phenoxy) is 3. The van der Waals surface area contributed by atoms with Gasteiger partial charge in [0.1, 0.15) is 12.3 Å². The van der Waals surface area contributed by atoms with Crippen LogP contribution < -0.4 is 14.2 Å². The van der Waals surface area contributed by atoms with Gasteiger partial charge in [0, 0.05) is 12.0 Å². The Bertz CT molecular complexity index is 770. The van der Waals surface area contributed by atoms with Crippen LogP contribution in [0.3, 0.4) is 0 Å². The molecule has 1 aliphatic rings. The predicted molar refractivity (Wildman–Crippen MR) is 83.1 cm³/mol. The van der Waals surface area contributed by atoms with Gasteiger partial charge < -0.3 is 14.2 Å². The second kappa shape index (κ2) is 6.45. The Morgan fingerprint density at radius 2 is 1.64 bits per heavy atom. The minimum atomic E-state index is -4.41. The third kappa shape index (κ3) is 3.64. The van der Waals surface area contributed by atoms with E-state index in [0.29, 0.717) is 28.6 Å². The van der Waals surface area contributed by atoms with Crippen molar-refractivity contribution in [3.8, 4) is 28.6 Å². The molecule has 0 bridgehead atoms. The van der Waals surface area contributed by atoms with Gasteiger partial charge in [-0.2, -0.15) is 18.3 Å². The number of methoxy groups -OCH3 is 3. The number of hydrogen-bond acceptors (Lipinski definition) is 5. The molecule has 0 amide bonds. The van der Waals surface area contributed by atoms with Crippen LogP contribution in [0.1, 0.15) is 24.6 Å². The van der Waals surface area contributed by atoms with Gasteiger partial charge >= 0.3 is 6.18 Å². The number of aromatic nitrogens is 3. The highest BCUT2D eigenvalue weighted by Crippen LogP contribution is 2.42. The summed E-state index contributed by atoms with van der Waals surface area (Å²) in [6.07, 6.45) is -2.63. The van der Waals surface area contributed by atoms with E-state index in [1.54, 1.807) is 12.1 Å². The molecular weight excluding hydrogens is 339 g/mol. The standard InChI is InChI=1S/C16H18F3N3O3/c1-23-11-7-13(25-3)12(24-2)6-10(11)15-20-14(9-4-5-9)21-22(15)8-16(17,18)19/h6-7,9H,4-5,8H2,1-3H3. The topological polar surface area (TPSA) is 58.4 Å². The Morgan fingerprint density at radius 1 is 1.04 bits per heavy atom. The quantitative estimate of drug-likeness (QED) is 0.793. The van der Waals surface area contributed by atoms with E-state index in [1.165, 1.54) is 21.3 Å². The molecule has 2 aromatic rings. The zero-order chi connectivity index (χ0) is 18.2. The van der Waals surface area contributed by atoms with E-state index in [0.717, 1.165) is 17.5 Å². The van der Waals surface area contributed by atoms with Gasteiger partial charge in [-0.25, -0.2) is 9.67 Å². The van der Waals surface area contributed by atoms with Crippen molar-refractivity contribution in [3.05, 3.63) is 18.0 Å². The Hall–Kier alpha value is -2.45. The molecule has 1 heterocycles. The minimum Gasteiger partial charge on any atom is -0.496 e. The molecule has 3 rings (SSSR count). The summed E-state index contributed by atoms with van der Waals surface area (Å²) >= 11 is 0. The van der Waals surface area contributed by atoms with Crippen LogP contribution in [0.4, 0.5) is 13.2 Å². The number of rotatable bonds is 6. The van der Waals surface area contributed by atoms with Crippen LogP contribution in [-0.4, -0.2) is 42.3 Å². The largest absolute Gasteiger partial charge is 0.496 e. The lowest BCUT2D eigenvalue weighted by atomic mass is 10.1. The lowest BCUT2D eigenvalue weighted by Gasteiger charge is -2.15. The van der Waals surface area contributed by atoms with E-state index in [4.69, 9.17) is 14.2 Å². The summed E-state index contributed by atoms with van der Waals surface area (Å²) in [7, 11) is 4.34. The third-order valence-electron chi connectivity index (χ3n) is 3.91. The first-order valence-corrected chi connectivity index (χ1v) is 7.68. The van der Waals surface area contributed by atoms with Gasteiger partial charge in [-0.1, -0.05) is 0 Å². The monoisotopic (exact) mass is 357 g/mol. The number of benzene rings is 1. The predicted octanol–water partition coefficient (Wildman–Crippen LogP) is 3.41. The molecule has 0 aliphatic heterocycles. The third-order valence-corrected chi connectivity index (χ3v) is 3.91. The van der Waals surface area contributed by atoms with Crippen LogP contribution in [0.15, 0.2) is 12.1 Å². The Morgan fingerprint density at radius 3 is 2.16 bits per heavy atom. The Kier molecular flexibility index (Phi) is 4.49. The summed E-state index contributed by atoms with van der Waals surface area (Å²) in [5.74, 6) is 1.75. The Balaban J connectivity index is 2.14. The van der Waals surface area contributed by atoms with E-state index in [9.17, 15) is 13.2 Å². The number of halogens is 3. The molecule has 1 saturated carbocycles. The SMILES string of the molecule is COc1cc(OC)c(-c2nc(C3CC3)nn2CC(F)(F)F)cc1OC. The molecule has 1 fully saturated rings. The molecule has 0 atom stereocenters. The van der Waals surface area contributed by atoms with Crippen molar-refractivity contribution in [2.24, 2.45) is 0 Å². The summed E-state index contributed by atoms with van der Waals surface area (Å²) < 4.78 is 55.5. The second-order valence-electron chi connectivity index (χ2n) is 5.75. The van der Waals surface area contributed by atoms with E-state index < -0.39 is 12.7 Å². The van der Waals surface area contributed by atoms with Crippen LogP contribution in [0.2, 0.25) is 0 Å². The molecule has 1 aromatic heterocycles. The maximum Gasteiger partial charge on any atom is 0.408 e. The maximum atomic E-state index is 12.9. The first-order valence-electron chi connectivity index (χ1n) is 7.68. The smallest absolute Gasteiger partial charge is 0.408 e. The average molecular weight is 357 g/mol. The molecule has 9 heteroatoms. The average Bonchev–Trinajstić information content (AvgIpc) is 3.34. The fraction of sp³-hybridized carbons (Fsp3) is 0.500. The van der Waals surface area contributed by atoms with Crippen molar-refractivity contribution < 1.29 is 27.4 Å². The van der Waals surface area contributed by atoms with E-state index in [-0.39, 0.29) is 11.7 Å². The summed E-state index contributed by atoms with van der Waals surface area (Å²) in [5, 5.41) is 4.07. The van der Waals surface area contributed by atoms with Gasteiger partial charge in [-0.3, -0.25) is 0 Å². The summed E-state index contributed by atoms with van der Waals surface area (Å²) in [6, 6.07) is 3.10. The van der Waals surface area contributed by atoms with E-state index >= 15 is 0 Å². The van der Waals surface area contributed by atoms with Gasteiger partial charge in [0.2, 0.25) is 0 Å². The minimum absolute atomic E-state index is 0.0945. The molecule has 0 spiro atoms. The number of hydrogen-bond donors (Lipinski definition) is 0. The van der Waals surface area contributed by atoms with Crippen LogP contribution in [0, 0.1) is 0 Å². The van der Waals surface area contributed by atoms with Crippen molar-refractivity contribution >= 4 is 0 Å². The summed E-state index contributed by atoms with van der Waals surface area (Å²) in [5.41, 5.74) is 0.365. The first-order chi connectivity index (χ1) is 11.9. The van der Waals surface area contributed by atoms with Gasteiger partial charge in [0.25, 0.3) is 0 Å². The first kappa shape index (κ1) is 17.4. The highest BCUT2D eigenvalue weighted by molar-refractivity contribution is 5.70. The van der Waals surface area contributed by atoms with Gasteiger partial charge in [0.05, 0.1) is 26.9 Å². The fourth-order valence-corrected chi connectivity index (χ4v) is 2.56. The maximum absolute atomic E-state index is 12.9. The number of alkyl halides is 3. The van der Waals surface area contributed by atoms with Crippen molar-refractivity contribution in [3.63, 3.8) is 0 Å². The fourth-order valence-electron chi connectivity index (χ4n) is 2.56. The molecular formula is C16H18F3N3O3. The molecule has 1 aromatic carbocycles. The van der Waals surface area contributed by atoms with Crippen molar-refractivity contribution in [2.75, 3.05) is 21.3 Å². The number of nitrogens with zero attached hydrogens (tertiary/aromatic N) is 3. The molecule has 25 heavy (non-hydrogen) atoms. The summed E-state index contributed by atoms with van der Waals surface area (Å²) in [6.45, 7) is -1.22. The molecule has 0 saturated heterocycles. The second-order valence-corrected chi connectivity index (χ2v) is 5.75. The van der Waals surface area contributed by atoms with Crippen molar-refractivity contribution in [1.29, 1.82) is 0 Å². The van der Waals surface area contributed by atoms with Crippen LogP contribution in [0.5, 0.6) is 17.2 Å². The zero-order valence-electron chi connectivity index (χ0n) is 14.1. The van der Waals surface area contributed by atoms with Crippen LogP contribution >= 0.6 is 0 Å². The van der Waals surface area contributed by atoms with Crippen molar-refractivity contribution in [2.45, 2.75) is 31.5 Å². The van der Waals surface area contributed by atoms with Gasteiger partial charge in [-0.15, -0.1) is 0 Å². The highest BCUT2D eigenvalue weighted by Gasteiger charge is 2.34. The zero-order valence-corrected chi connectivity index (χ0v) is 14.1. The van der Waals surface area contributed by atoms with Gasteiger partial charge in [0.15, 0.2) is 23.1 Å². The Labute approximate surface area is 142 Å². The summed E-state index contributed by atoms with van der Waals surface area (Å²) in [4.78, 5) is 4.34. The van der Waals surface area contributed by atoms with Crippen LogP contribution in [0.25, 0.3) is 11.4 Å². The molecule has 0 radical (unpaired) electrons. The lowest BCUT2D eigenvalue weighted by molar-refractivity contribution is -0.142. The normalized spacial score (nSPS) is 14.5. The highest BCUT2D eigenvalue weighted by atomic mass is 19.4. The molecule has 6 nitrogen and oxygen atoms in total. The van der Waals surface area contributed by atoms with E-state index in [1.807, 2.05) is 0 Å². The molecule has 136 valence electrons. The van der Waals surface area contributed by atoms with Crippen molar-refractivity contribution in [1.82, 2.24) is 14.8 Å².